The van der Waals surface area contributed by atoms with Crippen LogP contribution in [0, 0.1) is 0 Å². The molecule has 2 N–H and O–H groups in total. The predicted octanol–water partition coefficient (Wildman–Crippen LogP) is -0.0952. The normalized spacial score (nSPS) is 15.3. The average Bonchev–Trinajstić information content (AvgIpc) is 3.06. The Morgan fingerprint density at radius 2 is 1.96 bits per heavy atom. The lowest BCUT2D eigenvalue weighted by atomic mass is 10.3. The van der Waals surface area contributed by atoms with Crippen molar-refractivity contribution in [3.63, 3.8) is 0 Å². The Labute approximate surface area is 158 Å². The fourth-order valence-electron chi connectivity index (χ4n) is 3.10. The van der Waals surface area contributed by atoms with Gasteiger partial charge in [0.05, 0.1) is 18.1 Å². The molecule has 10 heteroatoms. The summed E-state index contributed by atoms with van der Waals surface area (Å²) >= 11 is 0. The van der Waals surface area contributed by atoms with Crippen molar-refractivity contribution in [2.24, 2.45) is 12.0 Å². The standard InChI is InChI=1S/C17H27N9O/c1-4-18-17(26-9-7-25(8-10-26)13(2)27)20-6-5-19-15-14-11-23-24(3)16(14)22-12-21-15/h11-12H,4-10H2,1-3H3,(H,18,20)(H,19,21,22). The number of guanidine groups is 1. The van der Waals surface area contributed by atoms with Crippen LogP contribution in [0.2, 0.25) is 0 Å². The smallest absolute Gasteiger partial charge is 0.219 e. The van der Waals surface area contributed by atoms with Gasteiger partial charge < -0.3 is 20.4 Å². The molecule has 1 amide bonds. The minimum Gasteiger partial charge on any atom is -0.367 e. The van der Waals surface area contributed by atoms with Gasteiger partial charge >= 0.3 is 0 Å². The third-order valence-electron chi connectivity index (χ3n) is 4.55. The molecule has 10 nitrogen and oxygen atoms in total. The topological polar surface area (TPSA) is 104 Å². The maximum atomic E-state index is 11.5. The fraction of sp³-hybridized carbons (Fsp3) is 0.588. The van der Waals surface area contributed by atoms with Crippen molar-refractivity contribution in [2.45, 2.75) is 13.8 Å². The summed E-state index contributed by atoms with van der Waals surface area (Å²) in [6.45, 7) is 8.80. The van der Waals surface area contributed by atoms with Gasteiger partial charge in [0.15, 0.2) is 11.6 Å². The van der Waals surface area contributed by atoms with Gasteiger partial charge in [-0.05, 0) is 6.92 Å². The number of anilines is 1. The summed E-state index contributed by atoms with van der Waals surface area (Å²) < 4.78 is 1.73. The number of piperazine rings is 1. The first-order valence-corrected chi connectivity index (χ1v) is 9.25. The van der Waals surface area contributed by atoms with Gasteiger partial charge in [-0.3, -0.25) is 14.5 Å². The van der Waals surface area contributed by atoms with E-state index in [9.17, 15) is 4.79 Å². The third kappa shape index (κ3) is 4.44. The van der Waals surface area contributed by atoms with Crippen LogP contribution in [-0.4, -0.2) is 87.2 Å². The van der Waals surface area contributed by atoms with Crippen LogP contribution in [0.3, 0.4) is 0 Å². The zero-order valence-corrected chi connectivity index (χ0v) is 16.1. The molecule has 146 valence electrons. The summed E-state index contributed by atoms with van der Waals surface area (Å²) in [4.78, 5) is 28.8. The molecular weight excluding hydrogens is 346 g/mol. The van der Waals surface area contributed by atoms with Gasteiger partial charge in [-0.15, -0.1) is 0 Å². The number of carbonyl (C=O) groups is 1. The summed E-state index contributed by atoms with van der Waals surface area (Å²) in [7, 11) is 1.86. The van der Waals surface area contributed by atoms with Crippen LogP contribution in [0.15, 0.2) is 17.5 Å². The van der Waals surface area contributed by atoms with Crippen LogP contribution >= 0.6 is 0 Å². The van der Waals surface area contributed by atoms with E-state index in [2.05, 4.69) is 37.5 Å². The van der Waals surface area contributed by atoms with Crippen molar-refractivity contribution < 1.29 is 4.79 Å². The summed E-state index contributed by atoms with van der Waals surface area (Å²) in [6.07, 6.45) is 3.30. The van der Waals surface area contributed by atoms with Gasteiger partial charge in [0.1, 0.15) is 12.1 Å². The number of aliphatic imine (C=N–C) groups is 1. The summed E-state index contributed by atoms with van der Waals surface area (Å²) in [5.74, 6) is 1.78. The molecule has 1 saturated heterocycles. The van der Waals surface area contributed by atoms with Gasteiger partial charge in [0, 0.05) is 53.2 Å². The van der Waals surface area contributed by atoms with Gasteiger partial charge in [-0.1, -0.05) is 0 Å². The molecule has 0 aliphatic carbocycles. The van der Waals surface area contributed by atoms with Crippen LogP contribution in [0.1, 0.15) is 13.8 Å². The van der Waals surface area contributed by atoms with E-state index in [1.807, 2.05) is 11.9 Å². The van der Waals surface area contributed by atoms with E-state index in [1.54, 1.807) is 17.8 Å². The molecular formula is C17H27N9O. The van der Waals surface area contributed by atoms with E-state index in [0.29, 0.717) is 13.1 Å². The van der Waals surface area contributed by atoms with Gasteiger partial charge in [0.2, 0.25) is 5.91 Å². The SMILES string of the molecule is CCNC(=NCCNc1ncnc2c1cnn2C)N1CCN(C(C)=O)CC1. The maximum absolute atomic E-state index is 11.5. The molecule has 0 spiro atoms. The zero-order valence-electron chi connectivity index (χ0n) is 16.1. The molecule has 1 fully saturated rings. The molecule has 27 heavy (non-hydrogen) atoms. The number of amides is 1. The molecule has 0 atom stereocenters. The maximum Gasteiger partial charge on any atom is 0.219 e. The first-order valence-electron chi connectivity index (χ1n) is 9.25. The Bertz CT molecular complexity index is 808. The highest BCUT2D eigenvalue weighted by Gasteiger charge is 2.20. The van der Waals surface area contributed by atoms with Crippen molar-refractivity contribution in [1.82, 2.24) is 34.9 Å². The van der Waals surface area contributed by atoms with E-state index in [4.69, 9.17) is 4.99 Å². The van der Waals surface area contributed by atoms with E-state index < -0.39 is 0 Å². The number of hydrogen-bond acceptors (Lipinski definition) is 6. The highest BCUT2D eigenvalue weighted by Crippen LogP contribution is 2.17. The third-order valence-corrected chi connectivity index (χ3v) is 4.55. The highest BCUT2D eigenvalue weighted by molar-refractivity contribution is 5.86. The number of hydrogen-bond donors (Lipinski definition) is 2. The Balaban J connectivity index is 1.57. The van der Waals surface area contributed by atoms with Crippen molar-refractivity contribution >= 4 is 28.7 Å². The molecule has 0 aromatic carbocycles. The second kappa shape index (κ2) is 8.65. The number of fused-ring (bicyclic) bond motifs is 1. The molecule has 0 unspecified atom stereocenters. The quantitative estimate of drug-likeness (QED) is 0.429. The molecule has 0 radical (unpaired) electrons. The molecule has 0 saturated carbocycles. The second-order valence-corrected chi connectivity index (χ2v) is 6.38. The minimum absolute atomic E-state index is 0.132. The minimum atomic E-state index is 0.132. The van der Waals surface area contributed by atoms with Crippen LogP contribution < -0.4 is 10.6 Å². The molecule has 0 bridgehead atoms. The Hall–Kier alpha value is -2.91. The number of nitrogens with zero attached hydrogens (tertiary/aromatic N) is 7. The highest BCUT2D eigenvalue weighted by atomic mass is 16.2. The molecule has 1 aliphatic heterocycles. The predicted molar refractivity (Wildman–Crippen MR) is 105 cm³/mol. The summed E-state index contributed by atoms with van der Waals surface area (Å²) in [5.41, 5.74) is 0.799. The zero-order chi connectivity index (χ0) is 19.2. The van der Waals surface area contributed by atoms with Gasteiger partial charge in [-0.25, -0.2) is 9.97 Å². The Kier molecular flexibility index (Phi) is 6.05. The van der Waals surface area contributed by atoms with Crippen LogP contribution in [-0.2, 0) is 11.8 Å². The van der Waals surface area contributed by atoms with Crippen LogP contribution in [0.4, 0.5) is 5.82 Å². The monoisotopic (exact) mass is 373 g/mol. The summed E-state index contributed by atoms with van der Waals surface area (Å²) in [6, 6.07) is 0. The van der Waals surface area contributed by atoms with E-state index in [1.165, 1.54) is 6.33 Å². The lowest BCUT2D eigenvalue weighted by Crippen LogP contribution is -2.53. The number of aryl methyl sites for hydroxylation is 1. The average molecular weight is 373 g/mol. The first-order chi connectivity index (χ1) is 13.1. The van der Waals surface area contributed by atoms with Gasteiger partial charge in [0.25, 0.3) is 0 Å². The fourth-order valence-corrected chi connectivity index (χ4v) is 3.10. The van der Waals surface area contributed by atoms with Crippen molar-refractivity contribution in [2.75, 3.05) is 51.1 Å². The molecule has 3 rings (SSSR count). The number of aromatic nitrogens is 4. The largest absolute Gasteiger partial charge is 0.367 e. The van der Waals surface area contributed by atoms with E-state index in [-0.39, 0.29) is 5.91 Å². The van der Waals surface area contributed by atoms with Gasteiger partial charge in [-0.2, -0.15) is 5.10 Å². The van der Waals surface area contributed by atoms with Crippen LogP contribution in [0.25, 0.3) is 11.0 Å². The van der Waals surface area contributed by atoms with E-state index in [0.717, 1.165) is 55.5 Å². The number of rotatable bonds is 5. The molecule has 3 heterocycles. The van der Waals surface area contributed by atoms with Crippen molar-refractivity contribution in [3.8, 4) is 0 Å². The molecule has 2 aromatic rings. The number of carbonyl (C=O) groups excluding carboxylic acids is 1. The Morgan fingerprint density at radius 3 is 2.67 bits per heavy atom. The van der Waals surface area contributed by atoms with E-state index >= 15 is 0 Å². The number of nitrogens with one attached hydrogen (secondary N) is 2. The van der Waals surface area contributed by atoms with Crippen LogP contribution in [0.5, 0.6) is 0 Å². The molecule has 2 aromatic heterocycles. The molecule has 1 aliphatic rings. The summed E-state index contributed by atoms with van der Waals surface area (Å²) in [5, 5.41) is 11.8. The van der Waals surface area contributed by atoms with Crippen molar-refractivity contribution in [1.29, 1.82) is 0 Å². The lowest BCUT2D eigenvalue weighted by Gasteiger charge is -2.36. The first kappa shape index (κ1) is 18.9. The Morgan fingerprint density at radius 1 is 1.22 bits per heavy atom. The second-order valence-electron chi connectivity index (χ2n) is 6.38. The van der Waals surface area contributed by atoms with Crippen molar-refractivity contribution in [3.05, 3.63) is 12.5 Å². The lowest BCUT2D eigenvalue weighted by molar-refractivity contribution is -0.130.